The van der Waals surface area contributed by atoms with E-state index in [0.29, 0.717) is 0 Å². The molecule has 0 saturated carbocycles. The van der Waals surface area contributed by atoms with Crippen molar-refractivity contribution in [3.63, 3.8) is 0 Å². The molecule has 0 saturated heterocycles. The molecule has 72 valence electrons. The third-order valence-electron chi connectivity index (χ3n) is 2.22. The molecule has 0 amide bonds. The Kier molecular flexibility index (Phi) is 4.19. The van der Waals surface area contributed by atoms with E-state index < -0.39 is 0 Å². The molecule has 0 aliphatic carbocycles. The Balaban J connectivity index is 2.84. The smallest absolute Gasteiger partial charge is 0.0295 e. The van der Waals surface area contributed by atoms with Gasteiger partial charge in [0.15, 0.2) is 0 Å². The van der Waals surface area contributed by atoms with E-state index in [1.165, 1.54) is 14.7 Å². The largest absolute Gasteiger partial charge is 0.324 e. The van der Waals surface area contributed by atoms with Crippen LogP contribution in [0, 0.1) is 10.5 Å². The number of benzene rings is 1. The Labute approximate surface area is 93.9 Å². The van der Waals surface area contributed by atoms with Crippen molar-refractivity contribution >= 4 is 22.6 Å². The van der Waals surface area contributed by atoms with E-state index in [0.717, 1.165) is 12.8 Å². The standard InChI is InChI=1S/C11H16IN/c1-3-4-11(13)9-6-5-8(2)10(12)7-9/h5-7,11H,3-4,13H2,1-2H3/t11-/m1/s1. The quantitative estimate of drug-likeness (QED) is 0.848. The summed E-state index contributed by atoms with van der Waals surface area (Å²) in [6.45, 7) is 4.29. The highest BCUT2D eigenvalue weighted by Gasteiger charge is 2.05. The zero-order valence-electron chi connectivity index (χ0n) is 8.18. The fourth-order valence-corrected chi connectivity index (χ4v) is 1.86. The summed E-state index contributed by atoms with van der Waals surface area (Å²) in [6, 6.07) is 6.68. The van der Waals surface area contributed by atoms with Gasteiger partial charge in [0.05, 0.1) is 0 Å². The van der Waals surface area contributed by atoms with Gasteiger partial charge in [0.1, 0.15) is 0 Å². The van der Waals surface area contributed by atoms with Gasteiger partial charge in [-0.2, -0.15) is 0 Å². The molecule has 0 spiro atoms. The number of hydrogen-bond acceptors (Lipinski definition) is 1. The molecule has 0 radical (unpaired) electrons. The van der Waals surface area contributed by atoms with E-state index in [-0.39, 0.29) is 6.04 Å². The lowest BCUT2D eigenvalue weighted by atomic mass is 10.0. The minimum atomic E-state index is 0.208. The normalized spacial score (nSPS) is 12.9. The zero-order chi connectivity index (χ0) is 9.84. The van der Waals surface area contributed by atoms with Crippen LogP contribution in [0.3, 0.4) is 0 Å². The lowest BCUT2D eigenvalue weighted by Gasteiger charge is -2.11. The van der Waals surface area contributed by atoms with Crippen LogP contribution in [-0.4, -0.2) is 0 Å². The van der Waals surface area contributed by atoms with Gasteiger partial charge >= 0.3 is 0 Å². The van der Waals surface area contributed by atoms with E-state index >= 15 is 0 Å². The maximum atomic E-state index is 6.02. The summed E-state index contributed by atoms with van der Waals surface area (Å²) in [5.74, 6) is 0. The molecule has 13 heavy (non-hydrogen) atoms. The molecule has 0 bridgehead atoms. The maximum absolute atomic E-state index is 6.02. The van der Waals surface area contributed by atoms with Gasteiger partial charge in [0.2, 0.25) is 0 Å². The summed E-state index contributed by atoms with van der Waals surface area (Å²) in [6.07, 6.45) is 2.21. The molecule has 0 unspecified atom stereocenters. The van der Waals surface area contributed by atoms with Crippen LogP contribution >= 0.6 is 22.6 Å². The van der Waals surface area contributed by atoms with Gasteiger partial charge in [0, 0.05) is 9.61 Å². The third-order valence-corrected chi connectivity index (χ3v) is 3.39. The molecule has 2 N–H and O–H groups in total. The zero-order valence-corrected chi connectivity index (χ0v) is 10.3. The Morgan fingerprint density at radius 1 is 1.46 bits per heavy atom. The molecule has 0 fully saturated rings. The van der Waals surface area contributed by atoms with Gasteiger partial charge in [0.25, 0.3) is 0 Å². The van der Waals surface area contributed by atoms with Crippen molar-refractivity contribution in [1.29, 1.82) is 0 Å². The van der Waals surface area contributed by atoms with Crippen molar-refractivity contribution in [2.75, 3.05) is 0 Å². The minimum absolute atomic E-state index is 0.208. The predicted molar refractivity (Wildman–Crippen MR) is 65.7 cm³/mol. The molecule has 1 aromatic rings. The summed E-state index contributed by atoms with van der Waals surface area (Å²) in [7, 11) is 0. The van der Waals surface area contributed by atoms with Gasteiger partial charge in [-0.15, -0.1) is 0 Å². The van der Waals surface area contributed by atoms with Crippen LogP contribution < -0.4 is 5.73 Å². The second kappa shape index (κ2) is 4.96. The van der Waals surface area contributed by atoms with Crippen LogP contribution in [0.15, 0.2) is 18.2 Å². The lowest BCUT2D eigenvalue weighted by Crippen LogP contribution is -2.09. The van der Waals surface area contributed by atoms with Crippen molar-refractivity contribution in [2.45, 2.75) is 32.7 Å². The lowest BCUT2D eigenvalue weighted by molar-refractivity contribution is 0.638. The Bertz CT molecular complexity index is 283. The van der Waals surface area contributed by atoms with E-state index in [9.17, 15) is 0 Å². The van der Waals surface area contributed by atoms with Gasteiger partial charge < -0.3 is 5.73 Å². The predicted octanol–water partition coefficient (Wildman–Crippen LogP) is 3.40. The summed E-state index contributed by atoms with van der Waals surface area (Å²) >= 11 is 2.36. The molecule has 2 heteroatoms. The summed E-state index contributed by atoms with van der Waals surface area (Å²) in [5.41, 5.74) is 8.61. The highest BCUT2D eigenvalue weighted by Crippen LogP contribution is 2.20. The van der Waals surface area contributed by atoms with Gasteiger partial charge in [-0.1, -0.05) is 25.5 Å². The van der Waals surface area contributed by atoms with Gasteiger partial charge in [-0.3, -0.25) is 0 Å². The maximum Gasteiger partial charge on any atom is 0.0295 e. The molecular formula is C11H16IN. The van der Waals surface area contributed by atoms with Crippen molar-refractivity contribution in [3.8, 4) is 0 Å². The van der Waals surface area contributed by atoms with Crippen LogP contribution in [0.1, 0.15) is 36.9 Å². The van der Waals surface area contributed by atoms with Crippen LogP contribution in [0.5, 0.6) is 0 Å². The monoisotopic (exact) mass is 289 g/mol. The average Bonchev–Trinajstić information content (AvgIpc) is 2.10. The minimum Gasteiger partial charge on any atom is -0.324 e. The summed E-state index contributed by atoms with van der Waals surface area (Å²) < 4.78 is 1.31. The van der Waals surface area contributed by atoms with Crippen LogP contribution in [0.25, 0.3) is 0 Å². The van der Waals surface area contributed by atoms with Crippen LogP contribution in [0.2, 0.25) is 0 Å². The van der Waals surface area contributed by atoms with Crippen LogP contribution in [-0.2, 0) is 0 Å². The second-order valence-corrected chi connectivity index (χ2v) is 4.57. The SMILES string of the molecule is CCC[C@@H](N)c1ccc(C)c(I)c1. The molecule has 1 aromatic carbocycles. The summed E-state index contributed by atoms with van der Waals surface area (Å²) in [4.78, 5) is 0. The van der Waals surface area contributed by atoms with Crippen molar-refractivity contribution in [3.05, 3.63) is 32.9 Å². The Morgan fingerprint density at radius 3 is 2.69 bits per heavy atom. The Hall–Kier alpha value is -0.0900. The van der Waals surface area contributed by atoms with Crippen molar-refractivity contribution < 1.29 is 0 Å². The average molecular weight is 289 g/mol. The fraction of sp³-hybridized carbons (Fsp3) is 0.455. The van der Waals surface area contributed by atoms with Crippen molar-refractivity contribution in [2.24, 2.45) is 5.73 Å². The number of aryl methyl sites for hydroxylation is 1. The Morgan fingerprint density at radius 2 is 2.15 bits per heavy atom. The second-order valence-electron chi connectivity index (χ2n) is 3.40. The van der Waals surface area contributed by atoms with Crippen LogP contribution in [0.4, 0.5) is 0 Å². The summed E-state index contributed by atoms with van der Waals surface area (Å²) in [5, 5.41) is 0. The first kappa shape index (κ1) is 11.0. The highest BCUT2D eigenvalue weighted by molar-refractivity contribution is 14.1. The fourth-order valence-electron chi connectivity index (χ4n) is 1.32. The van der Waals surface area contributed by atoms with Gasteiger partial charge in [-0.05, 0) is 53.1 Å². The first-order valence-electron chi connectivity index (χ1n) is 4.66. The molecule has 1 atom stereocenters. The van der Waals surface area contributed by atoms with E-state index in [1.807, 2.05) is 0 Å². The molecule has 1 nitrogen and oxygen atoms in total. The first-order valence-corrected chi connectivity index (χ1v) is 5.74. The first-order chi connectivity index (χ1) is 6.15. The van der Waals surface area contributed by atoms with E-state index in [1.54, 1.807) is 0 Å². The molecule has 0 aromatic heterocycles. The topological polar surface area (TPSA) is 26.0 Å². The molecular weight excluding hydrogens is 273 g/mol. The number of halogens is 1. The molecule has 0 aliphatic heterocycles. The molecule has 0 heterocycles. The van der Waals surface area contributed by atoms with E-state index in [4.69, 9.17) is 5.73 Å². The van der Waals surface area contributed by atoms with E-state index in [2.05, 4.69) is 54.6 Å². The molecule has 1 rings (SSSR count). The third kappa shape index (κ3) is 2.95. The number of nitrogens with two attached hydrogens (primary N) is 1. The number of rotatable bonds is 3. The van der Waals surface area contributed by atoms with Gasteiger partial charge in [-0.25, -0.2) is 0 Å². The highest BCUT2D eigenvalue weighted by atomic mass is 127. The number of hydrogen-bond donors (Lipinski definition) is 1. The molecule has 0 aliphatic rings. The van der Waals surface area contributed by atoms with Crippen molar-refractivity contribution in [1.82, 2.24) is 0 Å².